The van der Waals surface area contributed by atoms with Gasteiger partial charge in [-0.05, 0) is 44.1 Å². The second-order valence-corrected chi connectivity index (χ2v) is 8.58. The molecule has 3 heterocycles. The van der Waals surface area contributed by atoms with Gasteiger partial charge >= 0.3 is 0 Å². The Bertz CT molecular complexity index is 1090. The van der Waals surface area contributed by atoms with Crippen molar-refractivity contribution in [2.75, 3.05) is 6.54 Å². The van der Waals surface area contributed by atoms with Gasteiger partial charge in [0.25, 0.3) is 5.56 Å². The molecule has 1 aromatic carbocycles. The van der Waals surface area contributed by atoms with Crippen LogP contribution >= 0.6 is 11.3 Å². The lowest BCUT2D eigenvalue weighted by Gasteiger charge is -2.22. The number of aromatic nitrogens is 3. The lowest BCUT2D eigenvalue weighted by molar-refractivity contribution is -0.131. The summed E-state index contributed by atoms with van der Waals surface area (Å²) in [5, 5.41) is 5.43. The first-order chi connectivity index (χ1) is 13.7. The van der Waals surface area contributed by atoms with Gasteiger partial charge in [-0.25, -0.2) is 4.98 Å². The van der Waals surface area contributed by atoms with Gasteiger partial charge in [0, 0.05) is 12.1 Å². The number of likely N-dealkylation sites (tertiary alicyclic amines) is 1. The summed E-state index contributed by atoms with van der Waals surface area (Å²) in [5.41, 5.74) is 2.76. The molecule has 1 unspecified atom stereocenters. The Morgan fingerprint density at radius 1 is 1.14 bits per heavy atom. The number of nitrogens with zero attached hydrogens (tertiary/aromatic N) is 4. The molecule has 5 rings (SSSR count). The minimum Gasteiger partial charge on any atom is -0.333 e. The van der Waals surface area contributed by atoms with Crippen molar-refractivity contribution in [3.8, 4) is 0 Å². The average molecular weight is 395 g/mol. The molecule has 2 aromatic heterocycles. The highest BCUT2D eigenvalue weighted by Crippen LogP contribution is 2.34. The monoisotopic (exact) mass is 394 g/mol. The van der Waals surface area contributed by atoms with E-state index in [4.69, 9.17) is 4.98 Å². The van der Waals surface area contributed by atoms with E-state index in [1.807, 2.05) is 35.2 Å². The van der Waals surface area contributed by atoms with Crippen molar-refractivity contribution < 1.29 is 4.79 Å². The van der Waals surface area contributed by atoms with Crippen LogP contribution in [0.5, 0.6) is 0 Å². The number of carbonyl (C=O) groups excluding carboxylic acids is 1. The summed E-state index contributed by atoms with van der Waals surface area (Å²) in [6.45, 7) is 0.741. The van der Waals surface area contributed by atoms with E-state index in [0.29, 0.717) is 11.4 Å². The van der Waals surface area contributed by atoms with Crippen molar-refractivity contribution in [2.45, 2.75) is 51.0 Å². The normalized spacial score (nSPS) is 19.1. The lowest BCUT2D eigenvalue weighted by atomic mass is 9.97. The van der Waals surface area contributed by atoms with E-state index in [1.165, 1.54) is 15.9 Å². The summed E-state index contributed by atoms with van der Waals surface area (Å²) in [5.74, 6) is 0.118. The summed E-state index contributed by atoms with van der Waals surface area (Å²) >= 11 is 1.46. The number of fused-ring (bicyclic) bond motifs is 2. The third-order valence-electron chi connectivity index (χ3n) is 5.75. The highest BCUT2D eigenvalue weighted by Gasteiger charge is 2.33. The SMILES string of the molecule is O=C(Cc1ccccc1)N1CCCC1c1nn2c(=O)c3c(nc2s1)CCCC3. The average Bonchev–Trinajstić information content (AvgIpc) is 3.36. The van der Waals surface area contributed by atoms with Crippen molar-refractivity contribution in [3.05, 3.63) is 62.5 Å². The summed E-state index contributed by atoms with van der Waals surface area (Å²) in [6.07, 6.45) is 6.04. The third kappa shape index (κ3) is 3.03. The van der Waals surface area contributed by atoms with Crippen LogP contribution in [0.25, 0.3) is 4.96 Å². The standard InChI is InChI=1S/C21H22N4O2S/c26-18(13-14-7-2-1-3-8-14)24-12-6-11-17(24)19-23-25-20(27)15-9-4-5-10-16(15)22-21(25)28-19/h1-3,7-8,17H,4-6,9-13H2. The second kappa shape index (κ2) is 7.13. The molecule has 1 saturated heterocycles. The van der Waals surface area contributed by atoms with Crippen LogP contribution in [0.3, 0.4) is 0 Å². The number of aryl methyl sites for hydroxylation is 1. The molecule has 1 aliphatic carbocycles. The molecule has 0 N–H and O–H groups in total. The molecule has 1 fully saturated rings. The molecular formula is C21H22N4O2S. The molecule has 1 atom stereocenters. The number of hydrogen-bond acceptors (Lipinski definition) is 5. The molecule has 1 amide bonds. The highest BCUT2D eigenvalue weighted by atomic mass is 32.1. The fraction of sp³-hybridized carbons (Fsp3) is 0.429. The Morgan fingerprint density at radius 2 is 1.96 bits per heavy atom. The van der Waals surface area contributed by atoms with Crippen LogP contribution in [-0.2, 0) is 24.1 Å². The molecule has 0 bridgehead atoms. The number of hydrogen-bond donors (Lipinski definition) is 0. The summed E-state index contributed by atoms with van der Waals surface area (Å²) in [4.78, 5) is 33.1. The van der Waals surface area contributed by atoms with Crippen LogP contribution in [0.1, 0.15) is 53.6 Å². The first kappa shape index (κ1) is 17.6. The number of benzene rings is 1. The number of carbonyl (C=O) groups is 1. The Labute approximate surface area is 166 Å². The number of amides is 1. The van der Waals surface area contributed by atoms with Gasteiger partial charge in [-0.15, -0.1) is 0 Å². The van der Waals surface area contributed by atoms with E-state index in [9.17, 15) is 9.59 Å². The zero-order valence-corrected chi connectivity index (χ0v) is 16.5. The Hall–Kier alpha value is -2.54. The van der Waals surface area contributed by atoms with Gasteiger partial charge < -0.3 is 4.90 Å². The maximum absolute atomic E-state index is 12.9. The molecule has 0 spiro atoms. The number of rotatable bonds is 3. The molecule has 7 heteroatoms. The minimum absolute atomic E-state index is 0.0256. The molecule has 0 saturated carbocycles. The van der Waals surface area contributed by atoms with E-state index in [1.54, 1.807) is 0 Å². The van der Waals surface area contributed by atoms with Crippen LogP contribution in [0.2, 0.25) is 0 Å². The van der Waals surface area contributed by atoms with Crippen LogP contribution in [0.4, 0.5) is 0 Å². The van der Waals surface area contributed by atoms with E-state index < -0.39 is 0 Å². The van der Waals surface area contributed by atoms with Crippen LogP contribution < -0.4 is 5.56 Å². The van der Waals surface area contributed by atoms with Crippen molar-refractivity contribution in [2.24, 2.45) is 0 Å². The van der Waals surface area contributed by atoms with Crippen molar-refractivity contribution >= 4 is 22.2 Å². The van der Waals surface area contributed by atoms with Crippen LogP contribution in [0, 0.1) is 0 Å². The van der Waals surface area contributed by atoms with Gasteiger partial charge in [0.2, 0.25) is 10.9 Å². The van der Waals surface area contributed by atoms with Crippen LogP contribution in [0.15, 0.2) is 35.1 Å². The summed E-state index contributed by atoms with van der Waals surface area (Å²) in [7, 11) is 0. The van der Waals surface area contributed by atoms with Crippen molar-refractivity contribution in [1.29, 1.82) is 0 Å². The van der Waals surface area contributed by atoms with Gasteiger partial charge in [-0.3, -0.25) is 9.59 Å². The maximum atomic E-state index is 12.9. The highest BCUT2D eigenvalue weighted by molar-refractivity contribution is 7.16. The van der Waals surface area contributed by atoms with Gasteiger partial charge in [0.05, 0.1) is 18.2 Å². The molecular weight excluding hydrogens is 372 g/mol. The maximum Gasteiger partial charge on any atom is 0.278 e. The molecule has 144 valence electrons. The molecule has 6 nitrogen and oxygen atoms in total. The fourth-order valence-corrected chi connectivity index (χ4v) is 5.37. The molecule has 3 aromatic rings. The Morgan fingerprint density at radius 3 is 2.82 bits per heavy atom. The predicted molar refractivity (Wildman–Crippen MR) is 108 cm³/mol. The van der Waals surface area contributed by atoms with Crippen molar-refractivity contribution in [3.63, 3.8) is 0 Å². The minimum atomic E-state index is -0.0562. The fourth-order valence-electron chi connectivity index (χ4n) is 4.32. The van der Waals surface area contributed by atoms with E-state index >= 15 is 0 Å². The molecule has 28 heavy (non-hydrogen) atoms. The molecule has 1 aliphatic heterocycles. The quantitative estimate of drug-likeness (QED) is 0.685. The van der Waals surface area contributed by atoms with E-state index in [-0.39, 0.29) is 17.5 Å². The predicted octanol–water partition coefficient (Wildman–Crippen LogP) is 2.94. The van der Waals surface area contributed by atoms with Gasteiger partial charge in [-0.2, -0.15) is 9.61 Å². The smallest absolute Gasteiger partial charge is 0.278 e. The topological polar surface area (TPSA) is 67.6 Å². The first-order valence-electron chi connectivity index (χ1n) is 9.95. The summed E-state index contributed by atoms with van der Waals surface area (Å²) in [6, 6.07) is 9.77. The summed E-state index contributed by atoms with van der Waals surface area (Å²) < 4.78 is 1.46. The largest absolute Gasteiger partial charge is 0.333 e. The third-order valence-corrected chi connectivity index (χ3v) is 6.76. The van der Waals surface area contributed by atoms with Gasteiger partial charge in [-0.1, -0.05) is 41.7 Å². The zero-order valence-electron chi connectivity index (χ0n) is 15.6. The Balaban J connectivity index is 1.46. The van der Waals surface area contributed by atoms with Crippen molar-refractivity contribution in [1.82, 2.24) is 19.5 Å². The second-order valence-electron chi connectivity index (χ2n) is 7.59. The molecule has 2 aliphatic rings. The van der Waals surface area contributed by atoms with Crippen LogP contribution in [-0.4, -0.2) is 31.9 Å². The van der Waals surface area contributed by atoms with E-state index in [2.05, 4.69) is 5.10 Å². The van der Waals surface area contributed by atoms with Gasteiger partial charge in [0.15, 0.2) is 0 Å². The van der Waals surface area contributed by atoms with E-state index in [0.717, 1.165) is 66.9 Å². The first-order valence-corrected chi connectivity index (χ1v) is 10.8. The lowest BCUT2D eigenvalue weighted by Crippen LogP contribution is -2.32. The Kier molecular flexibility index (Phi) is 4.47. The molecule has 0 radical (unpaired) electrons. The zero-order chi connectivity index (χ0) is 19.1. The van der Waals surface area contributed by atoms with Gasteiger partial charge in [0.1, 0.15) is 5.01 Å².